The molecule has 0 fully saturated rings. The molecule has 1 unspecified atom stereocenters. The van der Waals surface area contributed by atoms with Gasteiger partial charge in [0, 0.05) is 17.3 Å². The van der Waals surface area contributed by atoms with E-state index in [0.29, 0.717) is 0 Å². The summed E-state index contributed by atoms with van der Waals surface area (Å²) in [5.74, 6) is 0. The minimum absolute atomic E-state index is 0.0770. The molecule has 3 rings (SSSR count). The van der Waals surface area contributed by atoms with Gasteiger partial charge in [-0.1, -0.05) is 23.8 Å². The quantitative estimate of drug-likeness (QED) is 0.942. The lowest BCUT2D eigenvalue weighted by Crippen LogP contribution is -2.32. The lowest BCUT2D eigenvalue weighted by atomic mass is 9.94. The van der Waals surface area contributed by atoms with Gasteiger partial charge in [-0.25, -0.2) is 0 Å². The van der Waals surface area contributed by atoms with E-state index in [1.165, 1.54) is 16.8 Å². The van der Waals surface area contributed by atoms with Crippen LogP contribution in [0.1, 0.15) is 65.9 Å². The number of fused-ring (bicyclic) bond motifs is 1. The van der Waals surface area contributed by atoms with Crippen LogP contribution in [0, 0.1) is 13.8 Å². The summed E-state index contributed by atoms with van der Waals surface area (Å²) in [4.78, 5) is 13.0. The van der Waals surface area contributed by atoms with E-state index >= 15 is 0 Å². The van der Waals surface area contributed by atoms with Crippen molar-refractivity contribution < 1.29 is 0 Å². The van der Waals surface area contributed by atoms with Crippen molar-refractivity contribution in [3.8, 4) is 0 Å². The maximum absolute atomic E-state index is 13.0. The SMILES string of the molecule is Cc1ccc(C(N)c2cc3c(n(C(C)C)c2=O)CCC3)c(C)c1. The summed E-state index contributed by atoms with van der Waals surface area (Å²) in [5, 5.41) is 0. The molecular weight excluding hydrogens is 284 g/mol. The van der Waals surface area contributed by atoms with E-state index in [9.17, 15) is 4.79 Å². The Morgan fingerprint density at radius 2 is 1.83 bits per heavy atom. The molecule has 1 aromatic carbocycles. The molecule has 0 spiro atoms. The van der Waals surface area contributed by atoms with Crippen LogP contribution in [0.25, 0.3) is 0 Å². The molecule has 2 N–H and O–H groups in total. The summed E-state index contributed by atoms with van der Waals surface area (Å²) in [6.45, 7) is 8.29. The average Bonchev–Trinajstić information content (AvgIpc) is 2.93. The molecule has 1 aliphatic carbocycles. The van der Waals surface area contributed by atoms with Crippen molar-refractivity contribution in [1.82, 2.24) is 4.57 Å². The fraction of sp³-hybridized carbons (Fsp3) is 0.450. The van der Waals surface area contributed by atoms with E-state index < -0.39 is 0 Å². The second kappa shape index (κ2) is 5.97. The van der Waals surface area contributed by atoms with E-state index in [-0.39, 0.29) is 17.6 Å². The number of benzene rings is 1. The normalized spacial score (nSPS) is 15.0. The van der Waals surface area contributed by atoms with E-state index in [0.717, 1.165) is 36.0 Å². The first-order chi connectivity index (χ1) is 10.9. The Labute approximate surface area is 138 Å². The summed E-state index contributed by atoms with van der Waals surface area (Å²) in [7, 11) is 0. The zero-order chi connectivity index (χ0) is 16.7. The third-order valence-corrected chi connectivity index (χ3v) is 4.93. The number of pyridine rings is 1. The first kappa shape index (κ1) is 16.0. The van der Waals surface area contributed by atoms with Crippen molar-refractivity contribution in [2.75, 3.05) is 0 Å². The van der Waals surface area contributed by atoms with Crippen LogP contribution in [-0.4, -0.2) is 4.57 Å². The highest BCUT2D eigenvalue weighted by atomic mass is 16.1. The molecule has 1 heterocycles. The summed E-state index contributed by atoms with van der Waals surface area (Å²) >= 11 is 0. The van der Waals surface area contributed by atoms with Crippen LogP contribution < -0.4 is 11.3 Å². The van der Waals surface area contributed by atoms with Crippen molar-refractivity contribution in [3.63, 3.8) is 0 Å². The molecule has 1 aliphatic rings. The second-order valence-corrected chi connectivity index (χ2v) is 7.03. The topological polar surface area (TPSA) is 48.0 Å². The first-order valence-corrected chi connectivity index (χ1v) is 8.50. The van der Waals surface area contributed by atoms with Gasteiger partial charge in [-0.05, 0) is 69.7 Å². The molecule has 0 saturated carbocycles. The summed E-state index contributed by atoms with van der Waals surface area (Å²) in [6.07, 6.45) is 3.18. The highest BCUT2D eigenvalue weighted by Crippen LogP contribution is 2.28. The highest BCUT2D eigenvalue weighted by Gasteiger charge is 2.24. The minimum atomic E-state index is -0.362. The van der Waals surface area contributed by atoms with Crippen molar-refractivity contribution >= 4 is 0 Å². The molecule has 122 valence electrons. The summed E-state index contributed by atoms with van der Waals surface area (Å²) in [5.41, 5.74) is 13.2. The third kappa shape index (κ3) is 2.74. The van der Waals surface area contributed by atoms with Crippen LogP contribution in [-0.2, 0) is 12.8 Å². The number of aromatic nitrogens is 1. The summed E-state index contributed by atoms with van der Waals surface area (Å²) in [6, 6.07) is 8.12. The van der Waals surface area contributed by atoms with E-state index in [2.05, 4.69) is 52.0 Å². The van der Waals surface area contributed by atoms with Crippen molar-refractivity contribution in [2.45, 2.75) is 59.0 Å². The molecule has 0 saturated heterocycles. The fourth-order valence-corrected chi connectivity index (χ4v) is 3.80. The first-order valence-electron chi connectivity index (χ1n) is 8.50. The van der Waals surface area contributed by atoms with Gasteiger partial charge in [0.2, 0.25) is 0 Å². The average molecular weight is 310 g/mol. The molecule has 3 nitrogen and oxygen atoms in total. The lowest BCUT2D eigenvalue weighted by Gasteiger charge is -2.21. The van der Waals surface area contributed by atoms with Crippen molar-refractivity contribution in [1.29, 1.82) is 0 Å². The van der Waals surface area contributed by atoms with E-state index in [1.807, 2.05) is 4.57 Å². The lowest BCUT2D eigenvalue weighted by molar-refractivity contribution is 0.546. The molecule has 0 amide bonds. The van der Waals surface area contributed by atoms with Crippen LogP contribution in [0.15, 0.2) is 29.1 Å². The van der Waals surface area contributed by atoms with Crippen LogP contribution in [0.4, 0.5) is 0 Å². The van der Waals surface area contributed by atoms with Gasteiger partial charge in [-0.15, -0.1) is 0 Å². The monoisotopic (exact) mass is 310 g/mol. The van der Waals surface area contributed by atoms with Crippen LogP contribution in [0.3, 0.4) is 0 Å². The Balaban J connectivity index is 2.16. The predicted octanol–water partition coefficient (Wildman–Crippen LogP) is 3.58. The van der Waals surface area contributed by atoms with E-state index in [1.54, 1.807) is 0 Å². The summed E-state index contributed by atoms with van der Waals surface area (Å²) < 4.78 is 1.96. The molecule has 2 aromatic rings. The Hall–Kier alpha value is -1.87. The Bertz CT molecular complexity index is 802. The van der Waals surface area contributed by atoms with Gasteiger partial charge in [-0.3, -0.25) is 4.79 Å². The zero-order valence-corrected chi connectivity index (χ0v) is 14.5. The number of nitrogens with two attached hydrogens (primary N) is 1. The van der Waals surface area contributed by atoms with Gasteiger partial charge in [0.1, 0.15) is 0 Å². The van der Waals surface area contributed by atoms with Crippen molar-refractivity contribution in [2.24, 2.45) is 5.73 Å². The van der Waals surface area contributed by atoms with Gasteiger partial charge in [0.05, 0.1) is 6.04 Å². The van der Waals surface area contributed by atoms with Crippen LogP contribution in [0.2, 0.25) is 0 Å². The molecule has 1 aromatic heterocycles. The smallest absolute Gasteiger partial charge is 0.256 e. The van der Waals surface area contributed by atoms with Gasteiger partial charge in [0.15, 0.2) is 0 Å². The van der Waals surface area contributed by atoms with Gasteiger partial charge < -0.3 is 10.3 Å². The van der Waals surface area contributed by atoms with Crippen molar-refractivity contribution in [3.05, 3.63) is 68.1 Å². The largest absolute Gasteiger partial charge is 0.320 e. The van der Waals surface area contributed by atoms with Gasteiger partial charge in [0.25, 0.3) is 5.56 Å². The number of hydrogen-bond donors (Lipinski definition) is 1. The molecule has 23 heavy (non-hydrogen) atoms. The van der Waals surface area contributed by atoms with Crippen LogP contribution >= 0.6 is 0 Å². The zero-order valence-electron chi connectivity index (χ0n) is 14.5. The fourth-order valence-electron chi connectivity index (χ4n) is 3.80. The maximum atomic E-state index is 13.0. The maximum Gasteiger partial charge on any atom is 0.256 e. The number of hydrogen-bond acceptors (Lipinski definition) is 2. The van der Waals surface area contributed by atoms with E-state index in [4.69, 9.17) is 5.73 Å². The Morgan fingerprint density at radius 1 is 1.09 bits per heavy atom. The van der Waals surface area contributed by atoms with Crippen LogP contribution in [0.5, 0.6) is 0 Å². The minimum Gasteiger partial charge on any atom is -0.320 e. The number of rotatable bonds is 3. The number of nitrogens with zero attached hydrogens (tertiary/aromatic N) is 1. The van der Waals surface area contributed by atoms with Gasteiger partial charge >= 0.3 is 0 Å². The molecule has 3 heteroatoms. The third-order valence-electron chi connectivity index (χ3n) is 4.93. The highest BCUT2D eigenvalue weighted by molar-refractivity contribution is 5.40. The molecule has 0 radical (unpaired) electrons. The number of aryl methyl sites for hydroxylation is 3. The molecule has 0 bridgehead atoms. The molecule has 1 atom stereocenters. The predicted molar refractivity (Wildman–Crippen MR) is 95.1 cm³/mol. The molecule has 0 aliphatic heterocycles. The molecular formula is C20H26N2O. The second-order valence-electron chi connectivity index (χ2n) is 7.03. The Kier molecular flexibility index (Phi) is 4.15. The standard InChI is InChI=1S/C20H26N2O/c1-12(2)22-18-7-5-6-15(18)11-17(20(22)23)19(21)16-9-8-13(3)10-14(16)4/h8-12,19H,5-7,21H2,1-4H3. The Morgan fingerprint density at radius 3 is 2.48 bits per heavy atom. The van der Waals surface area contributed by atoms with Gasteiger partial charge in [-0.2, -0.15) is 0 Å².